The number of para-hydroxylation sites is 2. The van der Waals surface area contributed by atoms with Crippen molar-refractivity contribution in [1.82, 2.24) is 14.9 Å². The van der Waals surface area contributed by atoms with Crippen molar-refractivity contribution in [2.45, 2.75) is 39.3 Å². The monoisotopic (exact) mass is 355 g/mol. The summed E-state index contributed by atoms with van der Waals surface area (Å²) in [5, 5.41) is 3.73. The first-order valence-electron chi connectivity index (χ1n) is 8.54. The van der Waals surface area contributed by atoms with Crippen LogP contribution >= 0.6 is 11.6 Å². The molecule has 0 fully saturated rings. The normalized spacial score (nSPS) is 12.3. The van der Waals surface area contributed by atoms with Crippen molar-refractivity contribution in [1.29, 1.82) is 0 Å². The van der Waals surface area contributed by atoms with Crippen molar-refractivity contribution < 1.29 is 4.79 Å². The van der Waals surface area contributed by atoms with E-state index in [0.29, 0.717) is 11.4 Å². The topological polar surface area (TPSA) is 46.9 Å². The number of halogens is 1. The highest BCUT2D eigenvalue weighted by atomic mass is 35.5. The van der Waals surface area contributed by atoms with E-state index in [-0.39, 0.29) is 18.5 Å². The number of nitrogens with zero attached hydrogens (tertiary/aromatic N) is 2. The Morgan fingerprint density at radius 3 is 2.80 bits per heavy atom. The van der Waals surface area contributed by atoms with Crippen LogP contribution in [0.2, 0.25) is 5.02 Å². The first-order valence-corrected chi connectivity index (χ1v) is 8.92. The van der Waals surface area contributed by atoms with Crippen LogP contribution in [0.3, 0.4) is 0 Å². The number of fused-ring (bicyclic) bond motifs is 1. The highest BCUT2D eigenvalue weighted by Gasteiger charge is 2.15. The lowest BCUT2D eigenvalue weighted by Crippen LogP contribution is -2.34. The Kier molecular flexibility index (Phi) is 5.39. The summed E-state index contributed by atoms with van der Waals surface area (Å²) in [6.07, 6.45) is 1.54. The van der Waals surface area contributed by atoms with Crippen LogP contribution in [0.4, 0.5) is 0 Å². The Bertz CT molecular complexity index is 888. The number of hydrogen-bond donors (Lipinski definition) is 1. The zero-order valence-electron chi connectivity index (χ0n) is 14.5. The third kappa shape index (κ3) is 4.20. The van der Waals surface area contributed by atoms with Crippen LogP contribution < -0.4 is 5.32 Å². The SMILES string of the molecule is CCC(C)NC(=O)Cn1c(Cc2cccc(Cl)c2)nc2ccccc21. The summed E-state index contributed by atoms with van der Waals surface area (Å²) in [6.45, 7) is 4.33. The van der Waals surface area contributed by atoms with Gasteiger partial charge in [0.1, 0.15) is 12.4 Å². The summed E-state index contributed by atoms with van der Waals surface area (Å²) in [4.78, 5) is 17.1. The molecule has 1 aromatic heterocycles. The molecule has 2 aromatic carbocycles. The fraction of sp³-hybridized carbons (Fsp3) is 0.300. The molecule has 1 atom stereocenters. The maximum absolute atomic E-state index is 12.4. The number of imidazole rings is 1. The Hall–Kier alpha value is -2.33. The average molecular weight is 356 g/mol. The van der Waals surface area contributed by atoms with Crippen molar-refractivity contribution in [3.63, 3.8) is 0 Å². The van der Waals surface area contributed by atoms with E-state index in [2.05, 4.69) is 12.2 Å². The molecule has 3 rings (SSSR count). The van der Waals surface area contributed by atoms with E-state index in [4.69, 9.17) is 16.6 Å². The zero-order chi connectivity index (χ0) is 17.8. The maximum Gasteiger partial charge on any atom is 0.240 e. The lowest BCUT2D eigenvalue weighted by atomic mass is 10.1. The predicted molar refractivity (Wildman–Crippen MR) is 102 cm³/mol. The van der Waals surface area contributed by atoms with Crippen molar-refractivity contribution in [2.24, 2.45) is 0 Å². The second-order valence-electron chi connectivity index (χ2n) is 6.29. The minimum Gasteiger partial charge on any atom is -0.352 e. The van der Waals surface area contributed by atoms with Crippen molar-refractivity contribution in [2.75, 3.05) is 0 Å². The summed E-state index contributed by atoms with van der Waals surface area (Å²) in [7, 11) is 0. The van der Waals surface area contributed by atoms with E-state index >= 15 is 0 Å². The summed E-state index contributed by atoms with van der Waals surface area (Å²) >= 11 is 6.10. The van der Waals surface area contributed by atoms with Crippen LogP contribution in [0.15, 0.2) is 48.5 Å². The van der Waals surface area contributed by atoms with Gasteiger partial charge in [0.2, 0.25) is 5.91 Å². The molecule has 0 spiro atoms. The second kappa shape index (κ2) is 7.70. The molecule has 0 saturated heterocycles. The molecule has 5 heteroatoms. The highest BCUT2D eigenvalue weighted by Crippen LogP contribution is 2.20. The lowest BCUT2D eigenvalue weighted by Gasteiger charge is -2.14. The fourth-order valence-electron chi connectivity index (χ4n) is 2.83. The van der Waals surface area contributed by atoms with Crippen LogP contribution in [0, 0.1) is 0 Å². The molecule has 0 bridgehead atoms. The molecule has 0 aliphatic heterocycles. The molecule has 0 aliphatic rings. The van der Waals surface area contributed by atoms with Crippen LogP contribution in [0.25, 0.3) is 11.0 Å². The van der Waals surface area contributed by atoms with Gasteiger partial charge in [0.25, 0.3) is 0 Å². The van der Waals surface area contributed by atoms with Crippen LogP contribution in [0.1, 0.15) is 31.7 Å². The molecule has 1 heterocycles. The lowest BCUT2D eigenvalue weighted by molar-refractivity contribution is -0.122. The van der Waals surface area contributed by atoms with Gasteiger partial charge in [0.05, 0.1) is 11.0 Å². The minimum absolute atomic E-state index is 0.00449. The Morgan fingerprint density at radius 2 is 2.04 bits per heavy atom. The van der Waals surface area contributed by atoms with E-state index in [9.17, 15) is 4.79 Å². The summed E-state index contributed by atoms with van der Waals surface area (Å²) < 4.78 is 1.99. The molecule has 1 unspecified atom stereocenters. The third-order valence-electron chi connectivity index (χ3n) is 4.31. The van der Waals surface area contributed by atoms with Gasteiger partial charge >= 0.3 is 0 Å². The number of aromatic nitrogens is 2. The van der Waals surface area contributed by atoms with E-state index in [1.54, 1.807) is 0 Å². The van der Waals surface area contributed by atoms with Crippen molar-refractivity contribution in [3.8, 4) is 0 Å². The van der Waals surface area contributed by atoms with Gasteiger partial charge in [-0.2, -0.15) is 0 Å². The second-order valence-corrected chi connectivity index (χ2v) is 6.72. The Morgan fingerprint density at radius 1 is 1.24 bits per heavy atom. The largest absolute Gasteiger partial charge is 0.352 e. The molecule has 1 N–H and O–H groups in total. The first-order chi connectivity index (χ1) is 12.1. The number of amides is 1. The summed E-state index contributed by atoms with van der Waals surface area (Å²) in [5.41, 5.74) is 2.95. The summed E-state index contributed by atoms with van der Waals surface area (Å²) in [6, 6.07) is 15.8. The van der Waals surface area contributed by atoms with Gasteiger partial charge in [-0.05, 0) is 43.2 Å². The van der Waals surface area contributed by atoms with E-state index < -0.39 is 0 Å². The zero-order valence-corrected chi connectivity index (χ0v) is 15.3. The van der Waals surface area contributed by atoms with Crippen LogP contribution in [-0.4, -0.2) is 21.5 Å². The highest BCUT2D eigenvalue weighted by molar-refractivity contribution is 6.30. The van der Waals surface area contributed by atoms with Gasteiger partial charge in [-0.1, -0.05) is 42.8 Å². The molecule has 0 aliphatic carbocycles. The van der Waals surface area contributed by atoms with Crippen LogP contribution in [0.5, 0.6) is 0 Å². The van der Waals surface area contributed by atoms with Gasteiger partial charge in [-0.25, -0.2) is 4.98 Å². The molecule has 4 nitrogen and oxygen atoms in total. The predicted octanol–water partition coefficient (Wildman–Crippen LogP) is 4.20. The molecule has 130 valence electrons. The number of nitrogens with one attached hydrogen (secondary N) is 1. The molecule has 25 heavy (non-hydrogen) atoms. The molecular formula is C20H22ClN3O. The Balaban J connectivity index is 1.93. The fourth-order valence-corrected chi connectivity index (χ4v) is 3.05. The maximum atomic E-state index is 12.4. The molecule has 0 radical (unpaired) electrons. The summed E-state index contributed by atoms with van der Waals surface area (Å²) in [5.74, 6) is 0.868. The molecular weight excluding hydrogens is 334 g/mol. The van der Waals surface area contributed by atoms with E-state index in [1.807, 2.05) is 60.0 Å². The van der Waals surface area contributed by atoms with E-state index in [1.165, 1.54) is 0 Å². The van der Waals surface area contributed by atoms with Gasteiger partial charge in [0.15, 0.2) is 0 Å². The number of carbonyl (C=O) groups is 1. The molecule has 3 aromatic rings. The molecule has 1 amide bonds. The van der Waals surface area contributed by atoms with Crippen molar-refractivity contribution >= 4 is 28.5 Å². The van der Waals surface area contributed by atoms with Gasteiger partial charge < -0.3 is 9.88 Å². The van der Waals surface area contributed by atoms with E-state index in [0.717, 1.165) is 28.8 Å². The number of benzene rings is 2. The number of hydrogen-bond acceptors (Lipinski definition) is 2. The quantitative estimate of drug-likeness (QED) is 0.720. The first kappa shape index (κ1) is 17.5. The van der Waals surface area contributed by atoms with Gasteiger partial charge in [0, 0.05) is 17.5 Å². The Labute approximate surface area is 152 Å². The van der Waals surface area contributed by atoms with Crippen LogP contribution in [-0.2, 0) is 17.8 Å². The standard InChI is InChI=1S/C20H22ClN3O/c1-3-14(2)22-20(25)13-24-18-10-5-4-9-17(18)23-19(24)12-15-7-6-8-16(21)11-15/h4-11,14H,3,12-13H2,1-2H3,(H,22,25). The average Bonchev–Trinajstić information content (AvgIpc) is 2.92. The smallest absolute Gasteiger partial charge is 0.240 e. The molecule has 0 saturated carbocycles. The number of carbonyl (C=O) groups excluding carboxylic acids is 1. The van der Waals surface area contributed by atoms with Crippen molar-refractivity contribution in [3.05, 3.63) is 64.9 Å². The third-order valence-corrected chi connectivity index (χ3v) is 4.54. The number of rotatable bonds is 6. The minimum atomic E-state index is 0.00449. The van der Waals surface area contributed by atoms with Gasteiger partial charge in [-0.15, -0.1) is 0 Å². The van der Waals surface area contributed by atoms with Gasteiger partial charge in [-0.3, -0.25) is 4.79 Å².